The zero-order valence-electron chi connectivity index (χ0n) is 11.3. The summed E-state index contributed by atoms with van der Waals surface area (Å²) in [6.45, 7) is 6.08. The van der Waals surface area contributed by atoms with E-state index >= 15 is 0 Å². The lowest BCUT2D eigenvalue weighted by Gasteiger charge is -2.14. The van der Waals surface area contributed by atoms with Gasteiger partial charge in [0.2, 0.25) is 0 Å². The van der Waals surface area contributed by atoms with Crippen LogP contribution in [0.2, 0.25) is 0 Å². The van der Waals surface area contributed by atoms with Gasteiger partial charge in [-0.1, -0.05) is 31.2 Å². The minimum absolute atomic E-state index is 0.106. The van der Waals surface area contributed by atoms with Gasteiger partial charge in [-0.25, -0.2) is 0 Å². The first-order valence-electron chi connectivity index (χ1n) is 6.22. The summed E-state index contributed by atoms with van der Waals surface area (Å²) >= 11 is 0. The van der Waals surface area contributed by atoms with Crippen LogP contribution >= 0.6 is 0 Å². The molecule has 0 aliphatic rings. The molecule has 3 N–H and O–H groups in total. The Morgan fingerprint density at radius 3 is 2.29 bits per heavy atom. The largest absolute Gasteiger partial charge is 0.411 e. The lowest BCUT2D eigenvalue weighted by Crippen LogP contribution is -2.30. The molecule has 0 radical (unpaired) electrons. The van der Waals surface area contributed by atoms with Gasteiger partial charge in [-0.2, -0.15) is 0 Å². The van der Waals surface area contributed by atoms with Crippen molar-refractivity contribution in [1.82, 2.24) is 0 Å². The maximum absolute atomic E-state index is 8.33. The smallest absolute Gasteiger partial charge is 0.0467 e. The van der Waals surface area contributed by atoms with Gasteiger partial charge in [0.15, 0.2) is 0 Å². The maximum Gasteiger partial charge on any atom is 0.0467 e. The molecule has 0 fully saturated rings. The highest BCUT2D eigenvalue weighted by Crippen LogP contribution is 2.06. The van der Waals surface area contributed by atoms with Crippen molar-refractivity contribution >= 4 is 6.21 Å². The lowest BCUT2D eigenvalue weighted by atomic mass is 10.0. The molecule has 0 aliphatic heterocycles. The predicted octanol–water partition coefficient (Wildman–Crippen LogP) is 3.49. The summed E-state index contributed by atoms with van der Waals surface area (Å²) in [7, 11) is 0. The van der Waals surface area contributed by atoms with E-state index in [-0.39, 0.29) is 5.54 Å². The van der Waals surface area contributed by atoms with E-state index in [9.17, 15) is 0 Å². The van der Waals surface area contributed by atoms with Crippen molar-refractivity contribution in [3.63, 3.8) is 0 Å². The van der Waals surface area contributed by atoms with Crippen LogP contribution in [0.15, 0.2) is 29.5 Å². The van der Waals surface area contributed by atoms with E-state index in [0.29, 0.717) is 5.92 Å². The highest BCUT2D eigenvalue weighted by atomic mass is 16.4. The third kappa shape index (κ3) is 12.8. The van der Waals surface area contributed by atoms with Gasteiger partial charge >= 0.3 is 0 Å². The number of allylic oxidation sites excluding steroid dienone is 3. The van der Waals surface area contributed by atoms with Gasteiger partial charge in [0.05, 0.1) is 0 Å². The molecule has 17 heavy (non-hydrogen) atoms. The molecule has 0 aromatic heterocycles. The zero-order valence-corrected chi connectivity index (χ0v) is 11.3. The van der Waals surface area contributed by atoms with E-state index in [0.717, 1.165) is 25.7 Å². The highest BCUT2D eigenvalue weighted by molar-refractivity contribution is 5.59. The molecule has 0 aliphatic carbocycles. The van der Waals surface area contributed by atoms with Crippen molar-refractivity contribution in [2.24, 2.45) is 16.8 Å². The molecule has 0 saturated heterocycles. The fourth-order valence-electron chi connectivity index (χ4n) is 1.30. The summed E-state index contributed by atoms with van der Waals surface area (Å²) in [6.07, 6.45) is 14.1. The van der Waals surface area contributed by atoms with E-state index in [1.165, 1.54) is 0 Å². The Balaban J connectivity index is 3.54. The number of rotatable bonds is 8. The fourth-order valence-corrected chi connectivity index (χ4v) is 1.30. The van der Waals surface area contributed by atoms with Crippen LogP contribution in [-0.2, 0) is 0 Å². The molecule has 0 amide bonds. The Morgan fingerprint density at radius 2 is 1.76 bits per heavy atom. The second-order valence-electron chi connectivity index (χ2n) is 5.19. The monoisotopic (exact) mass is 238 g/mol. The van der Waals surface area contributed by atoms with Gasteiger partial charge in [-0.05, 0) is 45.4 Å². The van der Waals surface area contributed by atoms with Gasteiger partial charge in [0.1, 0.15) is 0 Å². The predicted molar refractivity (Wildman–Crippen MR) is 74.5 cm³/mol. The number of unbranched alkanes of at least 4 members (excludes halogenated alkanes) is 1. The summed E-state index contributed by atoms with van der Waals surface area (Å²) in [4.78, 5) is 0. The molecular formula is C14H26N2O. The van der Waals surface area contributed by atoms with Crippen molar-refractivity contribution in [3.8, 4) is 0 Å². The number of nitrogens with two attached hydrogens (primary N) is 1. The van der Waals surface area contributed by atoms with Crippen molar-refractivity contribution in [1.29, 1.82) is 0 Å². The summed E-state index contributed by atoms with van der Waals surface area (Å²) in [5.41, 5.74) is 5.76. The molecule has 98 valence electrons. The van der Waals surface area contributed by atoms with Gasteiger partial charge in [-0.15, -0.1) is 5.16 Å². The van der Waals surface area contributed by atoms with E-state index in [1.807, 2.05) is 20.8 Å². The van der Waals surface area contributed by atoms with Crippen molar-refractivity contribution in [3.05, 3.63) is 24.3 Å². The van der Waals surface area contributed by atoms with E-state index < -0.39 is 0 Å². The standard InChI is InChI=1S/C14H26N2O/c1-13(12-16-17)10-8-6-4-5-7-9-11-14(2,3)15/h6-9,12-13,17H,4-5,10-11,15H2,1-3H3. The Bertz CT molecular complexity index is 262. The Hall–Kier alpha value is -1.09. The maximum atomic E-state index is 8.33. The second-order valence-corrected chi connectivity index (χ2v) is 5.19. The van der Waals surface area contributed by atoms with Crippen LogP contribution < -0.4 is 5.73 Å². The first kappa shape index (κ1) is 15.9. The number of hydrogen-bond acceptors (Lipinski definition) is 3. The molecule has 0 spiro atoms. The van der Waals surface area contributed by atoms with Crippen molar-refractivity contribution in [2.75, 3.05) is 0 Å². The number of hydrogen-bond donors (Lipinski definition) is 2. The quantitative estimate of drug-likeness (QED) is 0.223. The number of oxime groups is 1. The van der Waals surface area contributed by atoms with Crippen LogP contribution in [0.3, 0.4) is 0 Å². The van der Waals surface area contributed by atoms with Crippen molar-refractivity contribution < 1.29 is 5.21 Å². The van der Waals surface area contributed by atoms with Crippen LogP contribution in [-0.4, -0.2) is 17.0 Å². The molecule has 0 saturated carbocycles. The van der Waals surface area contributed by atoms with Crippen LogP contribution in [0, 0.1) is 5.92 Å². The normalized spacial score (nSPS) is 15.3. The summed E-state index contributed by atoms with van der Waals surface area (Å²) in [5.74, 6) is 0.296. The van der Waals surface area contributed by atoms with Crippen LogP contribution in [0.1, 0.15) is 46.5 Å². The Morgan fingerprint density at radius 1 is 1.18 bits per heavy atom. The van der Waals surface area contributed by atoms with Crippen LogP contribution in [0.4, 0.5) is 0 Å². The highest BCUT2D eigenvalue weighted by Gasteiger charge is 2.05. The minimum Gasteiger partial charge on any atom is -0.411 e. The lowest BCUT2D eigenvalue weighted by molar-refractivity contribution is 0.318. The van der Waals surface area contributed by atoms with E-state index in [2.05, 4.69) is 29.5 Å². The van der Waals surface area contributed by atoms with Gasteiger partial charge < -0.3 is 10.9 Å². The molecule has 0 aromatic carbocycles. The van der Waals surface area contributed by atoms with Crippen LogP contribution in [0.5, 0.6) is 0 Å². The molecule has 0 heterocycles. The summed E-state index contributed by atoms with van der Waals surface area (Å²) in [6, 6.07) is 0. The summed E-state index contributed by atoms with van der Waals surface area (Å²) < 4.78 is 0. The number of nitrogens with zero attached hydrogens (tertiary/aromatic N) is 1. The minimum atomic E-state index is -0.106. The van der Waals surface area contributed by atoms with Gasteiger partial charge in [0, 0.05) is 11.8 Å². The Labute approximate surface area is 105 Å². The first-order chi connectivity index (χ1) is 7.95. The molecule has 0 bridgehead atoms. The first-order valence-corrected chi connectivity index (χ1v) is 6.22. The van der Waals surface area contributed by atoms with Gasteiger partial charge in [0.25, 0.3) is 0 Å². The fraction of sp³-hybridized carbons (Fsp3) is 0.643. The third-order valence-electron chi connectivity index (χ3n) is 2.31. The average molecular weight is 238 g/mol. The average Bonchev–Trinajstić information content (AvgIpc) is 2.21. The molecule has 0 rings (SSSR count). The molecular weight excluding hydrogens is 212 g/mol. The van der Waals surface area contributed by atoms with Crippen molar-refractivity contribution in [2.45, 2.75) is 52.0 Å². The topological polar surface area (TPSA) is 58.6 Å². The molecule has 1 atom stereocenters. The Kier molecular flexibility index (Phi) is 8.42. The van der Waals surface area contributed by atoms with Gasteiger partial charge in [-0.3, -0.25) is 0 Å². The molecule has 3 nitrogen and oxygen atoms in total. The second kappa shape index (κ2) is 8.99. The third-order valence-corrected chi connectivity index (χ3v) is 2.31. The summed E-state index contributed by atoms with van der Waals surface area (Å²) in [5, 5.41) is 11.3. The van der Waals surface area contributed by atoms with E-state index in [1.54, 1.807) is 6.21 Å². The SMILES string of the molecule is CC(C=NO)CC=CCCC=CCC(C)(C)N. The molecule has 3 heteroatoms. The van der Waals surface area contributed by atoms with Crippen LogP contribution in [0.25, 0.3) is 0 Å². The molecule has 0 aromatic rings. The molecule has 1 unspecified atom stereocenters. The zero-order chi connectivity index (χ0) is 13.1. The van der Waals surface area contributed by atoms with E-state index in [4.69, 9.17) is 10.9 Å².